The van der Waals surface area contributed by atoms with Crippen LogP contribution in [0.15, 0.2) is 18.5 Å². The molecule has 1 aliphatic carbocycles. The SMILES string of the molecule is CCOC(C)(C)C(=O)Nc1ncnn2c([C@]3(C#N)O[C@@H](COC(=O)CC4CCCCC4)C[C@H]3O)ccc12. The second kappa shape index (κ2) is 11.1. The average Bonchev–Trinajstić information content (AvgIpc) is 3.45. The number of carbonyl (C=O) groups is 2. The molecule has 200 valence electrons. The standard InChI is InChI=1S/C26H35N5O6/c1-4-36-25(2,3)24(34)30-23-19-10-11-20(31(19)29-16-28-23)26(15-27)21(32)13-18(37-26)14-35-22(33)12-17-8-6-5-7-9-17/h10-11,16-18,21,32H,4-9,12-14H2,1-3H3,(H,28,29,30,34)/t18-,21-,26+/m1/s1. The molecule has 2 fully saturated rings. The van der Waals surface area contributed by atoms with Crippen molar-refractivity contribution in [2.24, 2.45) is 5.92 Å². The molecule has 11 nitrogen and oxygen atoms in total. The summed E-state index contributed by atoms with van der Waals surface area (Å²) in [7, 11) is 0. The number of esters is 1. The Morgan fingerprint density at radius 3 is 2.78 bits per heavy atom. The van der Waals surface area contributed by atoms with Crippen LogP contribution in [-0.4, -0.2) is 62.6 Å². The highest BCUT2D eigenvalue weighted by molar-refractivity contribution is 5.98. The van der Waals surface area contributed by atoms with Gasteiger partial charge in [0.2, 0.25) is 5.60 Å². The molecule has 1 saturated carbocycles. The molecule has 2 aliphatic rings. The first-order chi connectivity index (χ1) is 17.7. The molecule has 3 heterocycles. The molecule has 2 N–H and O–H groups in total. The van der Waals surface area contributed by atoms with E-state index in [4.69, 9.17) is 14.2 Å². The minimum atomic E-state index is -1.73. The molecule has 1 aliphatic heterocycles. The second-order valence-electron chi connectivity index (χ2n) is 10.3. The van der Waals surface area contributed by atoms with Crippen molar-refractivity contribution in [1.82, 2.24) is 14.6 Å². The van der Waals surface area contributed by atoms with Crippen LogP contribution in [0.1, 0.15) is 71.4 Å². The summed E-state index contributed by atoms with van der Waals surface area (Å²) >= 11 is 0. The summed E-state index contributed by atoms with van der Waals surface area (Å²) in [5.74, 6) is -0.0847. The third-order valence-corrected chi connectivity index (χ3v) is 7.20. The molecular weight excluding hydrogens is 478 g/mol. The van der Waals surface area contributed by atoms with E-state index in [1.165, 1.54) is 17.3 Å². The van der Waals surface area contributed by atoms with Crippen LogP contribution < -0.4 is 5.32 Å². The molecule has 0 unspecified atom stereocenters. The molecule has 11 heteroatoms. The van der Waals surface area contributed by atoms with Gasteiger partial charge in [0, 0.05) is 19.4 Å². The van der Waals surface area contributed by atoms with Gasteiger partial charge in [0.25, 0.3) is 5.91 Å². The minimum Gasteiger partial charge on any atom is -0.463 e. The summed E-state index contributed by atoms with van der Waals surface area (Å²) < 4.78 is 18.4. The number of nitriles is 1. The molecule has 37 heavy (non-hydrogen) atoms. The van der Waals surface area contributed by atoms with Crippen molar-refractivity contribution in [3.8, 4) is 6.07 Å². The number of fused-ring (bicyclic) bond motifs is 1. The number of nitrogens with zero attached hydrogens (tertiary/aromatic N) is 4. The Kier molecular flexibility index (Phi) is 8.11. The van der Waals surface area contributed by atoms with Crippen molar-refractivity contribution in [1.29, 1.82) is 5.26 Å². The lowest BCUT2D eigenvalue weighted by Gasteiger charge is -2.25. The quantitative estimate of drug-likeness (QED) is 0.483. The number of anilines is 1. The van der Waals surface area contributed by atoms with E-state index < -0.39 is 23.4 Å². The number of carbonyl (C=O) groups excluding carboxylic acids is 2. The van der Waals surface area contributed by atoms with Gasteiger partial charge in [0.1, 0.15) is 36.2 Å². The number of ether oxygens (including phenoxy) is 3. The third kappa shape index (κ3) is 5.61. The number of aliphatic hydroxyl groups is 1. The maximum absolute atomic E-state index is 12.7. The van der Waals surface area contributed by atoms with E-state index in [1.54, 1.807) is 32.9 Å². The van der Waals surface area contributed by atoms with Crippen molar-refractivity contribution in [3.63, 3.8) is 0 Å². The number of aromatic nitrogens is 3. The Balaban J connectivity index is 1.48. The van der Waals surface area contributed by atoms with Gasteiger partial charge in [-0.25, -0.2) is 9.50 Å². The summed E-state index contributed by atoms with van der Waals surface area (Å²) in [5, 5.41) is 28.0. The first-order valence-electron chi connectivity index (χ1n) is 12.9. The first-order valence-corrected chi connectivity index (χ1v) is 12.9. The van der Waals surface area contributed by atoms with Crippen molar-refractivity contribution < 1.29 is 28.9 Å². The monoisotopic (exact) mass is 513 g/mol. The lowest BCUT2D eigenvalue weighted by molar-refractivity contribution is -0.150. The van der Waals surface area contributed by atoms with E-state index >= 15 is 0 Å². The highest BCUT2D eigenvalue weighted by atomic mass is 16.6. The molecule has 2 aromatic heterocycles. The van der Waals surface area contributed by atoms with Crippen molar-refractivity contribution in [2.45, 2.75) is 89.1 Å². The zero-order valence-corrected chi connectivity index (χ0v) is 21.6. The van der Waals surface area contributed by atoms with Crippen LogP contribution in [0.4, 0.5) is 5.82 Å². The molecule has 0 radical (unpaired) electrons. The Labute approximate surface area is 216 Å². The van der Waals surface area contributed by atoms with E-state index in [1.807, 2.05) is 0 Å². The molecule has 3 atom stereocenters. The van der Waals surface area contributed by atoms with Crippen LogP contribution in [0.25, 0.3) is 5.52 Å². The second-order valence-corrected chi connectivity index (χ2v) is 10.3. The van der Waals surface area contributed by atoms with Crippen LogP contribution in [0.2, 0.25) is 0 Å². The predicted octanol–water partition coefficient (Wildman–Crippen LogP) is 2.87. The van der Waals surface area contributed by atoms with Gasteiger partial charge in [-0.05, 0) is 51.7 Å². The lowest BCUT2D eigenvalue weighted by Crippen LogP contribution is -2.40. The van der Waals surface area contributed by atoms with Gasteiger partial charge in [0.15, 0.2) is 5.82 Å². The normalized spacial score (nSPS) is 24.6. The van der Waals surface area contributed by atoms with E-state index in [2.05, 4.69) is 21.5 Å². The van der Waals surface area contributed by atoms with Crippen LogP contribution in [0.5, 0.6) is 0 Å². The van der Waals surface area contributed by atoms with Crippen LogP contribution in [0, 0.1) is 17.2 Å². The number of hydrogen-bond donors (Lipinski definition) is 2. The zero-order chi connectivity index (χ0) is 26.6. The van der Waals surface area contributed by atoms with Gasteiger partial charge in [0.05, 0.1) is 11.8 Å². The molecule has 1 saturated heterocycles. The molecule has 4 rings (SSSR count). The van der Waals surface area contributed by atoms with E-state index in [0.717, 1.165) is 25.7 Å². The maximum atomic E-state index is 12.7. The average molecular weight is 514 g/mol. The summed E-state index contributed by atoms with van der Waals surface area (Å²) in [4.78, 5) is 29.3. The van der Waals surface area contributed by atoms with Gasteiger partial charge in [-0.3, -0.25) is 9.59 Å². The van der Waals surface area contributed by atoms with Crippen molar-refractivity contribution >= 4 is 23.2 Å². The van der Waals surface area contributed by atoms with Crippen LogP contribution >= 0.6 is 0 Å². The minimum absolute atomic E-state index is 0.0435. The summed E-state index contributed by atoms with van der Waals surface area (Å²) in [6.45, 7) is 5.44. The van der Waals surface area contributed by atoms with Gasteiger partial charge < -0.3 is 24.6 Å². The Morgan fingerprint density at radius 1 is 1.32 bits per heavy atom. The molecule has 0 spiro atoms. The van der Waals surface area contributed by atoms with Gasteiger partial charge in [-0.1, -0.05) is 19.3 Å². The summed E-state index contributed by atoms with van der Waals surface area (Å²) in [6, 6.07) is 5.36. The summed E-state index contributed by atoms with van der Waals surface area (Å²) in [6.07, 6.45) is 5.51. The van der Waals surface area contributed by atoms with E-state index in [0.29, 0.717) is 24.5 Å². The number of nitrogens with one attached hydrogen (secondary N) is 1. The molecular formula is C26H35N5O6. The first kappa shape index (κ1) is 27.0. The fourth-order valence-electron chi connectivity index (χ4n) is 5.16. The Morgan fingerprint density at radius 2 is 2.08 bits per heavy atom. The number of amides is 1. The van der Waals surface area contributed by atoms with Crippen molar-refractivity contribution in [2.75, 3.05) is 18.5 Å². The summed E-state index contributed by atoms with van der Waals surface area (Å²) in [5.41, 5.74) is -2.10. The number of rotatable bonds is 9. The highest BCUT2D eigenvalue weighted by Crippen LogP contribution is 2.40. The van der Waals surface area contributed by atoms with Crippen LogP contribution in [-0.2, 0) is 29.4 Å². The van der Waals surface area contributed by atoms with E-state index in [9.17, 15) is 20.0 Å². The number of aliphatic hydroxyl groups excluding tert-OH is 1. The fraction of sp³-hybridized carbons (Fsp3) is 0.654. The topological polar surface area (TPSA) is 148 Å². The van der Waals surface area contributed by atoms with Crippen LogP contribution in [0.3, 0.4) is 0 Å². The van der Waals surface area contributed by atoms with E-state index in [-0.39, 0.29) is 36.4 Å². The maximum Gasteiger partial charge on any atom is 0.306 e. The highest BCUT2D eigenvalue weighted by Gasteiger charge is 2.52. The molecule has 0 aromatic carbocycles. The molecule has 1 amide bonds. The smallest absolute Gasteiger partial charge is 0.306 e. The molecule has 0 bridgehead atoms. The van der Waals surface area contributed by atoms with Gasteiger partial charge >= 0.3 is 5.97 Å². The van der Waals surface area contributed by atoms with Gasteiger partial charge in [-0.15, -0.1) is 0 Å². The third-order valence-electron chi connectivity index (χ3n) is 7.20. The Hall–Kier alpha value is -3.07. The fourth-order valence-corrected chi connectivity index (χ4v) is 5.16. The number of hydrogen-bond acceptors (Lipinski definition) is 9. The van der Waals surface area contributed by atoms with Crippen molar-refractivity contribution in [3.05, 3.63) is 24.2 Å². The molecule has 2 aromatic rings. The lowest BCUT2D eigenvalue weighted by atomic mass is 9.87. The predicted molar refractivity (Wildman–Crippen MR) is 132 cm³/mol. The largest absolute Gasteiger partial charge is 0.463 e. The Bertz CT molecular complexity index is 1170. The van der Waals surface area contributed by atoms with Gasteiger partial charge in [-0.2, -0.15) is 10.4 Å². The zero-order valence-electron chi connectivity index (χ0n) is 21.6.